The van der Waals surface area contributed by atoms with E-state index in [1.807, 2.05) is 6.07 Å². The van der Waals surface area contributed by atoms with E-state index < -0.39 is 11.6 Å². The predicted octanol–water partition coefficient (Wildman–Crippen LogP) is 4.76. The summed E-state index contributed by atoms with van der Waals surface area (Å²) in [5.74, 6) is -2.03. The molecule has 0 heterocycles. The van der Waals surface area contributed by atoms with Crippen LogP contribution in [0.4, 0.5) is 8.78 Å². The van der Waals surface area contributed by atoms with Gasteiger partial charge in [-0.25, -0.2) is 8.78 Å². The lowest BCUT2D eigenvalue weighted by atomic mass is 10.1. The Bertz CT molecular complexity index is 691. The average Bonchev–Trinajstić information content (AvgIpc) is 2.44. The van der Waals surface area contributed by atoms with Gasteiger partial charge in [0.2, 0.25) is 0 Å². The lowest BCUT2D eigenvalue weighted by Crippen LogP contribution is -2.26. The van der Waals surface area contributed by atoms with Gasteiger partial charge in [-0.3, -0.25) is 4.79 Å². The summed E-state index contributed by atoms with van der Waals surface area (Å²) in [6.45, 7) is 0.189. The molecule has 1 amide bonds. The number of hydrogen-bond acceptors (Lipinski definition) is 1. The highest BCUT2D eigenvalue weighted by Crippen LogP contribution is 2.23. The van der Waals surface area contributed by atoms with Crippen molar-refractivity contribution in [1.82, 2.24) is 4.90 Å². The molecule has 0 fully saturated rings. The molecule has 110 valence electrons. The molecule has 0 atom stereocenters. The van der Waals surface area contributed by atoms with Crippen molar-refractivity contribution in [2.24, 2.45) is 0 Å². The second-order valence-electron chi connectivity index (χ2n) is 4.53. The Labute approximate surface area is 138 Å². The molecule has 2 aromatic carbocycles. The Morgan fingerprint density at radius 3 is 2.48 bits per heavy atom. The summed E-state index contributed by atoms with van der Waals surface area (Å²) in [7, 11) is 1.61. The molecule has 2 nitrogen and oxygen atoms in total. The summed E-state index contributed by atoms with van der Waals surface area (Å²) >= 11 is 6.64. The van der Waals surface area contributed by atoms with Crippen LogP contribution in [-0.4, -0.2) is 17.9 Å². The van der Waals surface area contributed by atoms with Crippen molar-refractivity contribution in [3.8, 4) is 0 Å². The maximum Gasteiger partial charge on any atom is 0.255 e. The number of amides is 1. The quantitative estimate of drug-likeness (QED) is 0.703. The van der Waals surface area contributed by atoms with Gasteiger partial charge in [-0.15, -0.1) is 0 Å². The molecule has 0 aliphatic heterocycles. The highest BCUT2D eigenvalue weighted by atomic mass is 79.9. The van der Waals surface area contributed by atoms with Gasteiger partial charge in [-0.1, -0.05) is 22.0 Å². The van der Waals surface area contributed by atoms with Gasteiger partial charge in [0, 0.05) is 22.5 Å². The van der Waals surface area contributed by atoms with Crippen LogP contribution < -0.4 is 0 Å². The van der Waals surface area contributed by atoms with Crippen LogP contribution in [0.3, 0.4) is 0 Å². The molecule has 0 aliphatic rings. The summed E-state index contributed by atoms with van der Waals surface area (Å²) in [5.41, 5.74) is 1.02. The molecular weight excluding hydrogens is 408 g/mol. The first-order valence-electron chi connectivity index (χ1n) is 6.03. The first-order valence-corrected chi connectivity index (χ1v) is 7.61. The highest BCUT2D eigenvalue weighted by Gasteiger charge is 2.16. The molecule has 0 saturated carbocycles. The number of hydrogen-bond donors (Lipinski definition) is 0. The lowest BCUT2D eigenvalue weighted by molar-refractivity contribution is 0.0784. The Hall–Kier alpha value is -1.27. The van der Waals surface area contributed by atoms with Gasteiger partial charge >= 0.3 is 0 Å². The second kappa shape index (κ2) is 6.66. The van der Waals surface area contributed by atoms with E-state index in [0.29, 0.717) is 15.6 Å². The van der Waals surface area contributed by atoms with Crippen LogP contribution in [0.1, 0.15) is 15.9 Å². The van der Waals surface area contributed by atoms with Gasteiger partial charge in [0.05, 0.1) is 5.56 Å². The van der Waals surface area contributed by atoms with Gasteiger partial charge in [-0.2, -0.15) is 0 Å². The van der Waals surface area contributed by atoms with E-state index in [9.17, 15) is 13.6 Å². The third kappa shape index (κ3) is 3.89. The van der Waals surface area contributed by atoms with Crippen LogP contribution >= 0.6 is 31.9 Å². The van der Waals surface area contributed by atoms with E-state index in [1.165, 1.54) is 11.0 Å². The maximum atomic E-state index is 13.2. The number of halogens is 4. The van der Waals surface area contributed by atoms with Gasteiger partial charge in [-0.05, 0) is 51.8 Å². The number of carbonyl (C=O) groups is 1. The highest BCUT2D eigenvalue weighted by molar-refractivity contribution is 9.11. The molecule has 6 heteroatoms. The van der Waals surface area contributed by atoms with E-state index in [2.05, 4.69) is 31.9 Å². The SMILES string of the molecule is CN(Cc1ccc(F)c(F)c1)C(=O)c1cc(Br)ccc1Br. The third-order valence-corrected chi connectivity index (χ3v) is 4.09. The molecule has 0 unspecified atom stereocenters. The molecule has 0 saturated heterocycles. The van der Waals surface area contributed by atoms with E-state index in [0.717, 1.165) is 16.6 Å². The second-order valence-corrected chi connectivity index (χ2v) is 6.30. The molecule has 0 spiro atoms. The topological polar surface area (TPSA) is 20.3 Å². The van der Waals surface area contributed by atoms with Gasteiger partial charge < -0.3 is 4.90 Å². The van der Waals surface area contributed by atoms with Crippen molar-refractivity contribution < 1.29 is 13.6 Å². The molecule has 0 bridgehead atoms. The van der Waals surface area contributed by atoms with Crippen molar-refractivity contribution in [3.05, 3.63) is 68.1 Å². The number of carbonyl (C=O) groups excluding carboxylic acids is 1. The summed E-state index contributed by atoms with van der Waals surface area (Å²) < 4.78 is 27.5. The van der Waals surface area contributed by atoms with E-state index in [4.69, 9.17) is 0 Å². The summed E-state index contributed by atoms with van der Waals surface area (Å²) in [6.07, 6.45) is 0. The van der Waals surface area contributed by atoms with Crippen LogP contribution in [0.5, 0.6) is 0 Å². The minimum atomic E-state index is -0.919. The molecule has 2 aromatic rings. The largest absolute Gasteiger partial charge is 0.337 e. The molecule has 0 aliphatic carbocycles. The summed E-state index contributed by atoms with van der Waals surface area (Å²) in [4.78, 5) is 13.8. The Morgan fingerprint density at radius 1 is 1.10 bits per heavy atom. The van der Waals surface area contributed by atoms with Crippen LogP contribution in [0.15, 0.2) is 45.3 Å². The number of benzene rings is 2. The summed E-state index contributed by atoms with van der Waals surface area (Å²) in [6, 6.07) is 8.89. The maximum absolute atomic E-state index is 13.2. The van der Waals surface area contributed by atoms with E-state index >= 15 is 0 Å². The zero-order chi connectivity index (χ0) is 15.6. The Balaban J connectivity index is 2.19. The van der Waals surface area contributed by atoms with Crippen molar-refractivity contribution in [2.45, 2.75) is 6.54 Å². The third-order valence-electron chi connectivity index (χ3n) is 2.91. The predicted molar refractivity (Wildman–Crippen MR) is 84.0 cm³/mol. The van der Waals surface area contributed by atoms with Crippen molar-refractivity contribution in [1.29, 1.82) is 0 Å². The standard InChI is InChI=1S/C15H11Br2F2NO/c1-20(8-9-2-5-13(18)14(19)6-9)15(21)11-7-10(16)3-4-12(11)17/h2-7H,8H2,1H3. The van der Waals surface area contributed by atoms with Crippen LogP contribution in [0.25, 0.3) is 0 Å². The molecule has 2 rings (SSSR count). The Kier molecular flexibility index (Phi) is 5.11. The first-order chi connectivity index (χ1) is 9.88. The van der Waals surface area contributed by atoms with Crippen LogP contribution in [0, 0.1) is 11.6 Å². The van der Waals surface area contributed by atoms with E-state index in [-0.39, 0.29) is 12.5 Å². The fourth-order valence-electron chi connectivity index (χ4n) is 1.85. The van der Waals surface area contributed by atoms with Crippen molar-refractivity contribution >= 4 is 37.8 Å². The normalized spacial score (nSPS) is 10.5. The zero-order valence-corrected chi connectivity index (χ0v) is 14.2. The fraction of sp³-hybridized carbons (Fsp3) is 0.133. The average molecular weight is 419 g/mol. The van der Waals surface area contributed by atoms with E-state index in [1.54, 1.807) is 19.2 Å². The minimum absolute atomic E-state index is 0.189. The molecular formula is C15H11Br2F2NO. The minimum Gasteiger partial charge on any atom is -0.337 e. The number of nitrogens with zero attached hydrogens (tertiary/aromatic N) is 1. The van der Waals surface area contributed by atoms with Crippen LogP contribution in [0.2, 0.25) is 0 Å². The van der Waals surface area contributed by atoms with Crippen LogP contribution in [-0.2, 0) is 6.54 Å². The lowest BCUT2D eigenvalue weighted by Gasteiger charge is -2.18. The first kappa shape index (κ1) is 16.1. The molecule has 0 N–H and O–H groups in total. The Morgan fingerprint density at radius 2 is 1.81 bits per heavy atom. The zero-order valence-electron chi connectivity index (χ0n) is 11.0. The van der Waals surface area contributed by atoms with Gasteiger partial charge in [0.1, 0.15) is 0 Å². The molecule has 21 heavy (non-hydrogen) atoms. The smallest absolute Gasteiger partial charge is 0.255 e. The molecule has 0 radical (unpaired) electrons. The number of rotatable bonds is 3. The molecule has 0 aromatic heterocycles. The summed E-state index contributed by atoms with van der Waals surface area (Å²) in [5, 5.41) is 0. The van der Waals surface area contributed by atoms with Gasteiger partial charge in [0.15, 0.2) is 11.6 Å². The van der Waals surface area contributed by atoms with Crippen molar-refractivity contribution in [3.63, 3.8) is 0 Å². The monoisotopic (exact) mass is 417 g/mol. The van der Waals surface area contributed by atoms with Crippen molar-refractivity contribution in [2.75, 3.05) is 7.05 Å². The van der Waals surface area contributed by atoms with Gasteiger partial charge in [0.25, 0.3) is 5.91 Å². The fourth-order valence-corrected chi connectivity index (χ4v) is 2.63.